The highest BCUT2D eigenvalue weighted by molar-refractivity contribution is 5.16. The van der Waals surface area contributed by atoms with Crippen LogP contribution in [0.15, 0.2) is 48.8 Å². The molecule has 4 rings (SSSR count). The van der Waals surface area contributed by atoms with Crippen LogP contribution in [0.4, 0.5) is 4.39 Å². The van der Waals surface area contributed by atoms with Crippen LogP contribution in [0, 0.1) is 11.7 Å². The molecule has 5 heteroatoms. The van der Waals surface area contributed by atoms with E-state index in [-0.39, 0.29) is 5.82 Å². The van der Waals surface area contributed by atoms with E-state index in [1.807, 2.05) is 30.6 Å². The van der Waals surface area contributed by atoms with Crippen LogP contribution in [0.5, 0.6) is 0 Å². The van der Waals surface area contributed by atoms with Gasteiger partial charge in [-0.2, -0.15) is 0 Å². The van der Waals surface area contributed by atoms with Crippen molar-refractivity contribution >= 4 is 0 Å². The largest absolute Gasteiger partial charge is 0.375 e. The summed E-state index contributed by atoms with van der Waals surface area (Å²) in [5.74, 6) is 0.409. The maximum absolute atomic E-state index is 13.1. The molecule has 2 atom stereocenters. The van der Waals surface area contributed by atoms with Crippen molar-refractivity contribution in [3.63, 3.8) is 0 Å². The van der Waals surface area contributed by atoms with E-state index >= 15 is 0 Å². The van der Waals surface area contributed by atoms with Crippen LogP contribution in [0.3, 0.4) is 0 Å². The Morgan fingerprint density at radius 2 is 1.81 bits per heavy atom. The Morgan fingerprint density at radius 1 is 1.00 bits per heavy atom. The predicted octanol–water partition coefficient (Wildman–Crippen LogP) is 2.94. The van der Waals surface area contributed by atoms with Gasteiger partial charge in [0.05, 0.1) is 12.7 Å². The van der Waals surface area contributed by atoms with Gasteiger partial charge < -0.3 is 4.74 Å². The van der Waals surface area contributed by atoms with Crippen molar-refractivity contribution in [2.24, 2.45) is 5.92 Å². The van der Waals surface area contributed by atoms with Gasteiger partial charge >= 0.3 is 0 Å². The fourth-order valence-electron chi connectivity index (χ4n) is 4.07. The van der Waals surface area contributed by atoms with Gasteiger partial charge in [-0.15, -0.1) is 0 Å². The fraction of sp³-hybridized carbons (Fsp3) is 0.476. The van der Waals surface area contributed by atoms with Crippen molar-refractivity contribution in [2.75, 3.05) is 32.8 Å². The minimum absolute atomic E-state index is 0.173. The molecular weight excluding hydrogens is 329 g/mol. The molecule has 0 unspecified atom stereocenters. The molecule has 0 amide bonds. The number of pyridine rings is 1. The minimum Gasteiger partial charge on any atom is -0.375 e. The SMILES string of the molecule is Fc1ccc(CN2CC[C@H]3CN(Cc4cccnc4)CCO[C@H]3C2)cc1. The molecule has 1 aromatic carbocycles. The zero-order valence-electron chi connectivity index (χ0n) is 15.1. The van der Waals surface area contributed by atoms with Gasteiger partial charge in [0.2, 0.25) is 0 Å². The van der Waals surface area contributed by atoms with Gasteiger partial charge in [0.1, 0.15) is 5.82 Å². The van der Waals surface area contributed by atoms with E-state index in [1.54, 1.807) is 12.1 Å². The Labute approximate surface area is 154 Å². The van der Waals surface area contributed by atoms with Crippen molar-refractivity contribution in [3.05, 3.63) is 65.7 Å². The number of halogens is 1. The highest BCUT2D eigenvalue weighted by Gasteiger charge is 2.33. The van der Waals surface area contributed by atoms with E-state index in [9.17, 15) is 4.39 Å². The lowest BCUT2D eigenvalue weighted by atomic mass is 9.93. The van der Waals surface area contributed by atoms with E-state index in [0.717, 1.165) is 57.9 Å². The summed E-state index contributed by atoms with van der Waals surface area (Å²) in [5, 5.41) is 0. The third-order valence-corrected chi connectivity index (χ3v) is 5.46. The number of ether oxygens (including phenoxy) is 1. The summed E-state index contributed by atoms with van der Waals surface area (Å²) in [4.78, 5) is 9.16. The topological polar surface area (TPSA) is 28.6 Å². The van der Waals surface area contributed by atoms with Crippen LogP contribution < -0.4 is 0 Å². The fourth-order valence-corrected chi connectivity index (χ4v) is 4.07. The smallest absolute Gasteiger partial charge is 0.123 e. The molecule has 2 fully saturated rings. The maximum Gasteiger partial charge on any atom is 0.123 e. The molecule has 0 spiro atoms. The number of benzene rings is 1. The van der Waals surface area contributed by atoms with E-state index in [2.05, 4.69) is 20.9 Å². The summed E-state index contributed by atoms with van der Waals surface area (Å²) >= 11 is 0. The first-order valence-corrected chi connectivity index (χ1v) is 9.46. The number of fused-ring (bicyclic) bond motifs is 1. The van der Waals surface area contributed by atoms with Crippen molar-refractivity contribution in [3.8, 4) is 0 Å². The number of likely N-dealkylation sites (tertiary alicyclic amines) is 1. The average molecular weight is 355 g/mol. The van der Waals surface area contributed by atoms with Crippen LogP contribution in [0.25, 0.3) is 0 Å². The van der Waals surface area contributed by atoms with Crippen molar-refractivity contribution in [1.29, 1.82) is 0 Å². The molecule has 138 valence electrons. The van der Waals surface area contributed by atoms with Gasteiger partial charge in [-0.25, -0.2) is 4.39 Å². The molecule has 2 aliphatic heterocycles. The second kappa shape index (κ2) is 8.25. The van der Waals surface area contributed by atoms with Gasteiger partial charge in [-0.1, -0.05) is 18.2 Å². The number of hydrogen-bond acceptors (Lipinski definition) is 4. The summed E-state index contributed by atoms with van der Waals surface area (Å²) in [6, 6.07) is 11.0. The molecule has 2 aromatic rings. The quantitative estimate of drug-likeness (QED) is 0.843. The van der Waals surface area contributed by atoms with E-state index in [0.29, 0.717) is 12.0 Å². The molecule has 26 heavy (non-hydrogen) atoms. The third-order valence-electron chi connectivity index (χ3n) is 5.46. The molecule has 0 bridgehead atoms. The monoisotopic (exact) mass is 355 g/mol. The normalized spacial score (nSPS) is 24.8. The van der Waals surface area contributed by atoms with Crippen LogP contribution in [-0.4, -0.2) is 53.7 Å². The Morgan fingerprint density at radius 3 is 2.62 bits per heavy atom. The Kier molecular flexibility index (Phi) is 5.58. The second-order valence-electron chi connectivity index (χ2n) is 7.42. The zero-order valence-corrected chi connectivity index (χ0v) is 15.1. The molecule has 0 radical (unpaired) electrons. The highest BCUT2D eigenvalue weighted by Crippen LogP contribution is 2.26. The van der Waals surface area contributed by atoms with Crippen molar-refractivity contribution in [1.82, 2.24) is 14.8 Å². The first-order valence-electron chi connectivity index (χ1n) is 9.46. The number of hydrogen-bond donors (Lipinski definition) is 0. The minimum atomic E-state index is -0.173. The lowest BCUT2D eigenvalue weighted by Crippen LogP contribution is -2.46. The molecule has 0 N–H and O–H groups in total. The van der Waals surface area contributed by atoms with Crippen LogP contribution in [0.1, 0.15) is 17.5 Å². The third kappa shape index (κ3) is 4.47. The summed E-state index contributed by atoms with van der Waals surface area (Å²) < 4.78 is 19.3. The van der Waals surface area contributed by atoms with Gasteiger partial charge in [-0.3, -0.25) is 14.8 Å². The number of piperidine rings is 1. The zero-order chi connectivity index (χ0) is 17.8. The number of nitrogens with zero attached hydrogens (tertiary/aromatic N) is 3. The van der Waals surface area contributed by atoms with Gasteiger partial charge in [0.25, 0.3) is 0 Å². The second-order valence-corrected chi connectivity index (χ2v) is 7.42. The first kappa shape index (κ1) is 17.6. The molecule has 2 saturated heterocycles. The summed E-state index contributed by atoms with van der Waals surface area (Å²) in [6.07, 6.45) is 5.22. The van der Waals surface area contributed by atoms with E-state index in [1.165, 1.54) is 5.56 Å². The first-order chi connectivity index (χ1) is 12.8. The lowest BCUT2D eigenvalue weighted by Gasteiger charge is -2.38. The predicted molar refractivity (Wildman–Crippen MR) is 99.0 cm³/mol. The molecular formula is C21H26FN3O. The lowest BCUT2D eigenvalue weighted by molar-refractivity contribution is -0.0242. The molecule has 4 nitrogen and oxygen atoms in total. The Balaban J connectivity index is 1.33. The molecule has 0 aliphatic carbocycles. The van der Waals surface area contributed by atoms with Gasteiger partial charge in [0.15, 0.2) is 0 Å². The maximum atomic E-state index is 13.1. The summed E-state index contributed by atoms with van der Waals surface area (Å²) in [5.41, 5.74) is 2.43. The average Bonchev–Trinajstić information content (AvgIpc) is 2.86. The van der Waals surface area contributed by atoms with Gasteiger partial charge in [0, 0.05) is 51.0 Å². The summed E-state index contributed by atoms with van der Waals surface area (Å²) in [6.45, 7) is 6.69. The van der Waals surface area contributed by atoms with Crippen molar-refractivity contribution < 1.29 is 9.13 Å². The number of aromatic nitrogens is 1. The van der Waals surface area contributed by atoms with Crippen LogP contribution in [0.2, 0.25) is 0 Å². The Bertz CT molecular complexity index is 694. The number of rotatable bonds is 4. The van der Waals surface area contributed by atoms with E-state index in [4.69, 9.17) is 4.74 Å². The summed E-state index contributed by atoms with van der Waals surface area (Å²) in [7, 11) is 0. The van der Waals surface area contributed by atoms with Crippen LogP contribution in [-0.2, 0) is 17.8 Å². The Hall–Kier alpha value is -1.82. The molecule has 3 heterocycles. The molecule has 1 aromatic heterocycles. The van der Waals surface area contributed by atoms with E-state index < -0.39 is 0 Å². The molecule has 2 aliphatic rings. The standard InChI is InChI=1S/C21H26FN3O/c22-20-5-3-17(4-6-20)13-24-9-7-19-15-25(10-11-26-21(19)16-24)14-18-2-1-8-23-12-18/h1-6,8,12,19,21H,7,9-11,13-16H2/t19-,21-/m0/s1. The highest BCUT2D eigenvalue weighted by atomic mass is 19.1. The molecule has 0 saturated carbocycles. The van der Waals surface area contributed by atoms with Crippen LogP contribution >= 0.6 is 0 Å². The van der Waals surface area contributed by atoms with Crippen molar-refractivity contribution in [2.45, 2.75) is 25.6 Å². The van der Waals surface area contributed by atoms with Gasteiger partial charge in [-0.05, 0) is 42.3 Å².